The Labute approximate surface area is 101 Å². The fourth-order valence-electron chi connectivity index (χ4n) is 1.72. The maximum Gasteiger partial charge on any atom is 0.232 e. The highest BCUT2D eigenvalue weighted by Gasteiger charge is 2.29. The van der Waals surface area contributed by atoms with Gasteiger partial charge < -0.3 is 10.6 Å². The van der Waals surface area contributed by atoms with Gasteiger partial charge in [-0.2, -0.15) is 11.8 Å². The summed E-state index contributed by atoms with van der Waals surface area (Å²) in [6.45, 7) is 5.63. The minimum absolute atomic E-state index is 0.109. The Kier molecular flexibility index (Phi) is 4.86. The predicted molar refractivity (Wildman–Crippen MR) is 69.0 cm³/mol. The Hall–Kier alpha value is -0.290. The van der Waals surface area contributed by atoms with E-state index in [9.17, 15) is 4.79 Å². The molecule has 1 unspecified atom stereocenters. The summed E-state index contributed by atoms with van der Waals surface area (Å²) in [5.74, 6) is 2.05. The summed E-state index contributed by atoms with van der Waals surface area (Å²) in [5.41, 5.74) is 5.62. The fourth-order valence-corrected chi connectivity index (χ4v) is 2.99. The first-order valence-electron chi connectivity index (χ1n) is 5.20. The van der Waals surface area contributed by atoms with Crippen LogP contribution in [0.2, 0.25) is 0 Å². The zero-order valence-corrected chi connectivity index (χ0v) is 10.9. The maximum atomic E-state index is 12.1. The second kappa shape index (κ2) is 5.70. The largest absolute Gasteiger partial charge is 0.393 e. The van der Waals surface area contributed by atoms with Crippen LogP contribution in [0.5, 0.6) is 0 Å². The number of rotatable bonds is 3. The van der Waals surface area contributed by atoms with Gasteiger partial charge in [0.05, 0.1) is 10.9 Å². The third kappa shape index (κ3) is 3.34. The molecule has 5 heteroatoms. The van der Waals surface area contributed by atoms with Crippen LogP contribution in [0, 0.1) is 11.8 Å². The van der Waals surface area contributed by atoms with Gasteiger partial charge in [0.2, 0.25) is 5.91 Å². The SMILES string of the molecule is CC(C)C(C(=O)N1CCSCC1)C(N)=S. The van der Waals surface area contributed by atoms with E-state index in [0.717, 1.165) is 24.6 Å². The Morgan fingerprint density at radius 1 is 1.40 bits per heavy atom. The first-order valence-corrected chi connectivity index (χ1v) is 6.76. The summed E-state index contributed by atoms with van der Waals surface area (Å²) in [7, 11) is 0. The van der Waals surface area contributed by atoms with Gasteiger partial charge in [0.25, 0.3) is 0 Å². The molecule has 0 aromatic carbocycles. The molecule has 3 nitrogen and oxygen atoms in total. The van der Waals surface area contributed by atoms with Crippen molar-refractivity contribution in [1.29, 1.82) is 0 Å². The van der Waals surface area contributed by atoms with Crippen molar-refractivity contribution in [2.45, 2.75) is 13.8 Å². The highest BCUT2D eigenvalue weighted by atomic mass is 32.2. The van der Waals surface area contributed by atoms with Gasteiger partial charge in [0, 0.05) is 24.6 Å². The number of carbonyl (C=O) groups is 1. The average Bonchev–Trinajstić information content (AvgIpc) is 2.18. The molecule has 0 bridgehead atoms. The molecule has 0 saturated carbocycles. The first-order chi connectivity index (χ1) is 7.04. The summed E-state index contributed by atoms with van der Waals surface area (Å²) in [5, 5.41) is 0. The zero-order valence-electron chi connectivity index (χ0n) is 9.23. The molecule has 0 spiro atoms. The normalized spacial score (nSPS) is 19.0. The number of hydrogen-bond donors (Lipinski definition) is 1. The second-order valence-corrected chi connectivity index (χ2v) is 5.76. The Balaban J connectivity index is 2.66. The molecule has 1 heterocycles. The lowest BCUT2D eigenvalue weighted by atomic mass is 9.94. The van der Waals surface area contributed by atoms with Crippen molar-refractivity contribution < 1.29 is 4.79 Å². The topological polar surface area (TPSA) is 46.3 Å². The molecule has 86 valence electrons. The molecule has 1 saturated heterocycles. The second-order valence-electron chi connectivity index (χ2n) is 4.06. The van der Waals surface area contributed by atoms with Crippen LogP contribution in [0.3, 0.4) is 0 Å². The fraction of sp³-hybridized carbons (Fsp3) is 0.800. The van der Waals surface area contributed by atoms with E-state index in [0.29, 0.717) is 4.99 Å². The van der Waals surface area contributed by atoms with Crippen molar-refractivity contribution in [1.82, 2.24) is 4.90 Å². The van der Waals surface area contributed by atoms with E-state index in [1.54, 1.807) is 0 Å². The minimum atomic E-state index is -0.289. The Morgan fingerprint density at radius 2 is 1.93 bits per heavy atom. The average molecular weight is 246 g/mol. The van der Waals surface area contributed by atoms with Crippen molar-refractivity contribution in [3.8, 4) is 0 Å². The van der Waals surface area contributed by atoms with E-state index in [1.807, 2.05) is 30.5 Å². The van der Waals surface area contributed by atoms with Crippen LogP contribution in [-0.4, -0.2) is 40.4 Å². The Bertz CT molecular complexity index is 250. The van der Waals surface area contributed by atoms with E-state index in [1.165, 1.54) is 0 Å². The predicted octanol–water partition coefficient (Wildman–Crippen LogP) is 1.12. The van der Waals surface area contributed by atoms with E-state index >= 15 is 0 Å². The van der Waals surface area contributed by atoms with Crippen LogP contribution in [0.1, 0.15) is 13.8 Å². The number of amides is 1. The number of carbonyl (C=O) groups excluding carboxylic acids is 1. The molecule has 1 rings (SSSR count). The van der Waals surface area contributed by atoms with Gasteiger partial charge in [-0.1, -0.05) is 26.1 Å². The van der Waals surface area contributed by atoms with E-state index < -0.39 is 0 Å². The highest BCUT2D eigenvalue weighted by Crippen LogP contribution is 2.18. The minimum Gasteiger partial charge on any atom is -0.393 e. The molecule has 0 aromatic heterocycles. The van der Waals surface area contributed by atoms with Gasteiger partial charge in [-0.3, -0.25) is 4.79 Å². The van der Waals surface area contributed by atoms with Crippen molar-refractivity contribution in [2.24, 2.45) is 17.6 Å². The van der Waals surface area contributed by atoms with Crippen molar-refractivity contribution in [3.05, 3.63) is 0 Å². The van der Waals surface area contributed by atoms with Gasteiger partial charge in [0.15, 0.2) is 0 Å². The maximum absolute atomic E-state index is 12.1. The van der Waals surface area contributed by atoms with Gasteiger partial charge in [0.1, 0.15) is 0 Å². The third-order valence-electron chi connectivity index (χ3n) is 2.56. The molecule has 0 radical (unpaired) electrons. The molecule has 2 N–H and O–H groups in total. The van der Waals surface area contributed by atoms with Crippen LogP contribution in [0.15, 0.2) is 0 Å². The summed E-state index contributed by atoms with van der Waals surface area (Å²) in [6.07, 6.45) is 0. The lowest BCUT2D eigenvalue weighted by molar-refractivity contribution is -0.134. The molecular formula is C10H18N2OS2. The van der Waals surface area contributed by atoms with Crippen LogP contribution < -0.4 is 5.73 Å². The number of hydrogen-bond acceptors (Lipinski definition) is 3. The standard InChI is InChI=1S/C10H18N2OS2/c1-7(2)8(9(11)14)10(13)12-3-5-15-6-4-12/h7-8H,3-6H2,1-2H3,(H2,11,14). The number of nitrogens with zero attached hydrogens (tertiary/aromatic N) is 1. The first kappa shape index (κ1) is 12.8. The lowest BCUT2D eigenvalue weighted by Crippen LogP contribution is -2.46. The molecule has 0 aromatic rings. The highest BCUT2D eigenvalue weighted by molar-refractivity contribution is 7.99. The summed E-state index contributed by atoms with van der Waals surface area (Å²) in [6, 6.07) is 0. The van der Waals surface area contributed by atoms with Crippen LogP contribution in [0.25, 0.3) is 0 Å². The third-order valence-corrected chi connectivity index (χ3v) is 3.76. The van der Waals surface area contributed by atoms with E-state index in [2.05, 4.69) is 0 Å². The Morgan fingerprint density at radius 3 is 2.33 bits per heavy atom. The number of thioether (sulfide) groups is 1. The van der Waals surface area contributed by atoms with Crippen molar-refractivity contribution >= 4 is 34.9 Å². The smallest absolute Gasteiger partial charge is 0.232 e. The van der Waals surface area contributed by atoms with Gasteiger partial charge in [-0.05, 0) is 5.92 Å². The molecule has 1 atom stereocenters. The summed E-state index contributed by atoms with van der Waals surface area (Å²) >= 11 is 6.85. The molecular weight excluding hydrogens is 228 g/mol. The van der Waals surface area contributed by atoms with Crippen molar-refractivity contribution in [2.75, 3.05) is 24.6 Å². The molecule has 1 amide bonds. The molecule has 1 fully saturated rings. The van der Waals surface area contributed by atoms with Gasteiger partial charge in [-0.25, -0.2) is 0 Å². The molecule has 1 aliphatic heterocycles. The molecule has 1 aliphatic rings. The van der Waals surface area contributed by atoms with Crippen LogP contribution in [0.4, 0.5) is 0 Å². The van der Waals surface area contributed by atoms with Gasteiger partial charge in [-0.15, -0.1) is 0 Å². The summed E-state index contributed by atoms with van der Waals surface area (Å²) < 4.78 is 0. The van der Waals surface area contributed by atoms with Crippen LogP contribution >= 0.6 is 24.0 Å². The van der Waals surface area contributed by atoms with Crippen molar-refractivity contribution in [3.63, 3.8) is 0 Å². The van der Waals surface area contributed by atoms with E-state index in [4.69, 9.17) is 18.0 Å². The quantitative estimate of drug-likeness (QED) is 0.758. The zero-order chi connectivity index (χ0) is 11.4. The van der Waals surface area contributed by atoms with Crippen LogP contribution in [-0.2, 0) is 4.79 Å². The molecule has 15 heavy (non-hydrogen) atoms. The lowest BCUT2D eigenvalue weighted by Gasteiger charge is -2.31. The summed E-state index contributed by atoms with van der Waals surface area (Å²) in [4.78, 5) is 14.3. The number of nitrogens with two attached hydrogens (primary N) is 1. The van der Waals surface area contributed by atoms with E-state index in [-0.39, 0.29) is 17.7 Å². The monoisotopic (exact) mass is 246 g/mol. The number of thiocarbonyl (C=S) groups is 1. The van der Waals surface area contributed by atoms with Gasteiger partial charge >= 0.3 is 0 Å². The molecule has 0 aliphatic carbocycles.